The van der Waals surface area contributed by atoms with Crippen LogP contribution in [0.4, 0.5) is 0 Å². The van der Waals surface area contributed by atoms with Crippen molar-refractivity contribution in [2.75, 3.05) is 5.88 Å². The van der Waals surface area contributed by atoms with Crippen LogP contribution in [0.5, 0.6) is 0 Å². The van der Waals surface area contributed by atoms with Crippen LogP contribution in [-0.2, 0) is 6.42 Å². The van der Waals surface area contributed by atoms with E-state index in [0.717, 1.165) is 10.9 Å². The van der Waals surface area contributed by atoms with Crippen molar-refractivity contribution in [2.24, 2.45) is 0 Å². The first-order valence-corrected chi connectivity index (χ1v) is 6.45. The molecule has 1 nitrogen and oxygen atoms in total. The zero-order valence-electron chi connectivity index (χ0n) is 8.70. The minimum Gasteiger partial charge on any atom is -0.472 e. The van der Waals surface area contributed by atoms with Gasteiger partial charge in [-0.1, -0.05) is 28.1 Å². The van der Waals surface area contributed by atoms with Crippen molar-refractivity contribution >= 4 is 27.5 Å². The summed E-state index contributed by atoms with van der Waals surface area (Å²) in [4.78, 5) is 0. The Hall–Kier alpha value is -0.730. The summed E-state index contributed by atoms with van der Waals surface area (Å²) in [5.41, 5.74) is 2.44. The second kappa shape index (κ2) is 5.55. The maximum atomic E-state index is 6.03. The average molecular weight is 300 g/mol. The van der Waals surface area contributed by atoms with Gasteiger partial charge in [0, 0.05) is 16.3 Å². The Morgan fingerprint density at radius 1 is 1.31 bits per heavy atom. The van der Waals surface area contributed by atoms with Crippen LogP contribution in [0.2, 0.25) is 0 Å². The molecule has 2 rings (SSSR count). The van der Waals surface area contributed by atoms with Crippen LogP contribution in [0, 0.1) is 0 Å². The van der Waals surface area contributed by atoms with Crippen LogP contribution in [-0.4, -0.2) is 5.88 Å². The highest BCUT2D eigenvalue weighted by molar-refractivity contribution is 9.10. The lowest BCUT2D eigenvalue weighted by Crippen LogP contribution is -2.04. The minimum atomic E-state index is 0.330. The van der Waals surface area contributed by atoms with Gasteiger partial charge >= 0.3 is 0 Å². The average Bonchev–Trinajstić information content (AvgIpc) is 2.78. The summed E-state index contributed by atoms with van der Waals surface area (Å²) in [6.45, 7) is 0. The normalized spacial score (nSPS) is 12.6. The molecule has 0 radical (unpaired) electrons. The summed E-state index contributed by atoms with van der Waals surface area (Å²) in [5, 5.41) is 0. The Morgan fingerprint density at radius 3 is 2.81 bits per heavy atom. The molecule has 0 bridgehead atoms. The molecule has 0 spiro atoms. The summed E-state index contributed by atoms with van der Waals surface area (Å²) in [6.07, 6.45) is 4.38. The third-order valence-electron chi connectivity index (χ3n) is 2.57. The molecule has 2 aromatic rings. The van der Waals surface area contributed by atoms with Crippen molar-refractivity contribution in [3.63, 3.8) is 0 Å². The molecule has 0 aliphatic rings. The van der Waals surface area contributed by atoms with Gasteiger partial charge in [-0.2, -0.15) is 0 Å². The molecule has 0 fully saturated rings. The molecule has 0 saturated heterocycles. The van der Waals surface area contributed by atoms with E-state index in [9.17, 15) is 0 Å². The summed E-state index contributed by atoms with van der Waals surface area (Å²) in [7, 11) is 0. The Bertz CT molecular complexity index is 439. The lowest BCUT2D eigenvalue weighted by molar-refractivity contribution is 0.562. The van der Waals surface area contributed by atoms with Gasteiger partial charge in [0.15, 0.2) is 0 Å². The van der Waals surface area contributed by atoms with E-state index in [-0.39, 0.29) is 0 Å². The largest absolute Gasteiger partial charge is 0.472 e. The van der Waals surface area contributed by atoms with Crippen molar-refractivity contribution in [3.05, 3.63) is 58.5 Å². The Balaban J connectivity index is 2.16. The number of hydrogen-bond acceptors (Lipinski definition) is 1. The third-order valence-corrected chi connectivity index (χ3v) is 3.43. The van der Waals surface area contributed by atoms with E-state index in [4.69, 9.17) is 16.0 Å². The molecule has 16 heavy (non-hydrogen) atoms. The molecule has 3 heteroatoms. The molecule has 0 aliphatic heterocycles. The van der Waals surface area contributed by atoms with Gasteiger partial charge in [-0.3, -0.25) is 0 Å². The first kappa shape index (κ1) is 11.7. The molecule has 1 unspecified atom stereocenters. The SMILES string of the molecule is ClCC(Cc1ccoc1)c1cccc(Br)c1. The Kier molecular flexibility index (Phi) is 4.08. The molecular formula is C13H12BrClO. The number of benzene rings is 1. The first-order chi connectivity index (χ1) is 7.79. The van der Waals surface area contributed by atoms with E-state index in [0.29, 0.717) is 11.8 Å². The maximum Gasteiger partial charge on any atom is 0.0934 e. The molecule has 1 aromatic carbocycles. The lowest BCUT2D eigenvalue weighted by Gasteiger charge is -2.13. The van der Waals surface area contributed by atoms with Gasteiger partial charge in [0.05, 0.1) is 12.5 Å². The summed E-state index contributed by atoms with van der Waals surface area (Å²) < 4.78 is 6.16. The molecule has 84 valence electrons. The highest BCUT2D eigenvalue weighted by Crippen LogP contribution is 2.25. The smallest absolute Gasteiger partial charge is 0.0934 e. The van der Waals surface area contributed by atoms with E-state index < -0.39 is 0 Å². The topological polar surface area (TPSA) is 13.1 Å². The van der Waals surface area contributed by atoms with Crippen LogP contribution in [0.25, 0.3) is 0 Å². The minimum absolute atomic E-state index is 0.330. The number of alkyl halides is 1. The summed E-state index contributed by atoms with van der Waals surface area (Å²) >= 11 is 9.50. The number of hydrogen-bond donors (Lipinski definition) is 0. The molecule has 0 aliphatic carbocycles. The highest BCUT2D eigenvalue weighted by atomic mass is 79.9. The van der Waals surface area contributed by atoms with Gasteiger partial charge in [-0.15, -0.1) is 11.6 Å². The Labute approximate surface area is 109 Å². The number of furan rings is 1. The quantitative estimate of drug-likeness (QED) is 0.752. The molecule has 1 aromatic heterocycles. The molecular weight excluding hydrogens is 287 g/mol. The van der Waals surface area contributed by atoms with Gasteiger partial charge < -0.3 is 4.42 Å². The second-order valence-corrected chi connectivity index (χ2v) is 4.97. The van der Waals surface area contributed by atoms with Crippen molar-refractivity contribution in [2.45, 2.75) is 12.3 Å². The number of halogens is 2. The standard InChI is InChI=1S/C13H12BrClO/c14-13-3-1-2-11(7-13)12(8-15)6-10-4-5-16-9-10/h1-5,7,9,12H,6,8H2. The van der Waals surface area contributed by atoms with E-state index in [1.54, 1.807) is 12.5 Å². The second-order valence-electron chi connectivity index (χ2n) is 3.74. The van der Waals surface area contributed by atoms with Crippen molar-refractivity contribution in [1.29, 1.82) is 0 Å². The fraction of sp³-hybridized carbons (Fsp3) is 0.231. The van der Waals surface area contributed by atoms with Crippen molar-refractivity contribution < 1.29 is 4.42 Å². The maximum absolute atomic E-state index is 6.03. The fourth-order valence-electron chi connectivity index (χ4n) is 1.72. The molecule has 0 amide bonds. The van der Waals surface area contributed by atoms with Crippen LogP contribution < -0.4 is 0 Å². The lowest BCUT2D eigenvalue weighted by atomic mass is 9.95. The summed E-state index contributed by atoms with van der Waals surface area (Å²) in [6, 6.07) is 10.3. The van der Waals surface area contributed by atoms with Gasteiger partial charge in [-0.25, -0.2) is 0 Å². The predicted octanol–water partition coefficient (Wildman–Crippen LogP) is 4.61. The zero-order chi connectivity index (χ0) is 11.4. The van der Waals surface area contributed by atoms with Crippen LogP contribution in [0.1, 0.15) is 17.0 Å². The van der Waals surface area contributed by atoms with Crippen LogP contribution in [0.3, 0.4) is 0 Å². The van der Waals surface area contributed by atoms with E-state index in [1.807, 2.05) is 18.2 Å². The fourth-order valence-corrected chi connectivity index (χ4v) is 2.42. The molecule has 1 heterocycles. The van der Waals surface area contributed by atoms with Crippen molar-refractivity contribution in [1.82, 2.24) is 0 Å². The predicted molar refractivity (Wildman–Crippen MR) is 70.0 cm³/mol. The van der Waals surface area contributed by atoms with Gasteiger partial charge in [-0.05, 0) is 35.7 Å². The van der Waals surface area contributed by atoms with Crippen molar-refractivity contribution in [3.8, 4) is 0 Å². The third kappa shape index (κ3) is 2.89. The molecule has 1 atom stereocenters. The first-order valence-electron chi connectivity index (χ1n) is 5.12. The van der Waals surface area contributed by atoms with Gasteiger partial charge in [0.25, 0.3) is 0 Å². The number of rotatable bonds is 4. The highest BCUT2D eigenvalue weighted by Gasteiger charge is 2.12. The van der Waals surface area contributed by atoms with Crippen LogP contribution >= 0.6 is 27.5 Å². The van der Waals surface area contributed by atoms with E-state index in [1.165, 1.54) is 11.1 Å². The summed E-state index contributed by atoms with van der Waals surface area (Å²) in [5.74, 6) is 0.943. The molecule has 0 N–H and O–H groups in total. The molecule has 0 saturated carbocycles. The van der Waals surface area contributed by atoms with Gasteiger partial charge in [0.2, 0.25) is 0 Å². The van der Waals surface area contributed by atoms with Gasteiger partial charge in [0.1, 0.15) is 0 Å². The zero-order valence-corrected chi connectivity index (χ0v) is 11.0. The van der Waals surface area contributed by atoms with Crippen LogP contribution in [0.15, 0.2) is 51.7 Å². The monoisotopic (exact) mass is 298 g/mol. The Morgan fingerprint density at radius 2 is 2.19 bits per heavy atom. The van der Waals surface area contributed by atoms with E-state index in [2.05, 4.69) is 28.1 Å². The van der Waals surface area contributed by atoms with E-state index >= 15 is 0 Å².